The number of benzene rings is 1. The molecule has 0 saturated heterocycles. The molecule has 1 aliphatic heterocycles. The maximum atomic E-state index is 9.04. The van der Waals surface area contributed by atoms with Crippen molar-refractivity contribution < 1.29 is 5.11 Å². The molecule has 4 heterocycles. The average Bonchev–Trinajstić information content (AvgIpc) is 3.41. The van der Waals surface area contributed by atoms with Crippen molar-refractivity contribution in [1.29, 1.82) is 0 Å². The van der Waals surface area contributed by atoms with E-state index in [1.54, 1.807) is 28.4 Å². The van der Waals surface area contributed by atoms with Crippen LogP contribution in [0, 0.1) is 0 Å². The van der Waals surface area contributed by atoms with Gasteiger partial charge in [-0.2, -0.15) is 5.10 Å². The fourth-order valence-corrected chi connectivity index (χ4v) is 3.72. The fraction of sp³-hybridized carbons (Fsp3) is 0.176. The summed E-state index contributed by atoms with van der Waals surface area (Å²) in [4.78, 5) is 13.5. The van der Waals surface area contributed by atoms with Crippen LogP contribution in [0.25, 0.3) is 21.5 Å². The molecule has 3 aromatic heterocycles. The summed E-state index contributed by atoms with van der Waals surface area (Å²) in [6.45, 7) is 1.13. The molecule has 0 amide bonds. The molecule has 27 heavy (non-hydrogen) atoms. The van der Waals surface area contributed by atoms with Crippen LogP contribution in [-0.2, 0) is 13.1 Å². The minimum Gasteiger partial charge on any atom is -0.394 e. The number of aliphatic hydroxyl groups excluding tert-OH is 1. The second-order valence-electron chi connectivity index (χ2n) is 6.12. The van der Waals surface area contributed by atoms with Gasteiger partial charge in [0.15, 0.2) is 11.6 Å². The van der Waals surface area contributed by atoms with Crippen LogP contribution in [0.2, 0.25) is 0 Å². The van der Waals surface area contributed by atoms with E-state index in [4.69, 9.17) is 10.1 Å². The van der Waals surface area contributed by atoms with Crippen LogP contribution in [0.3, 0.4) is 0 Å². The van der Waals surface area contributed by atoms with Gasteiger partial charge in [0, 0.05) is 11.8 Å². The standard InChI is InChI=1S/C17H16N8OS/c26-4-3-24-9-12(6-20-24)14-7-18-16-17(21-14)25(23-22-16)8-11-1-2-13-15(5-11)27-10-19-13/h1-2,5-7,9-10,23,26H,3-4,8H2,(H,18,22). The van der Waals surface area contributed by atoms with Crippen LogP contribution in [0.1, 0.15) is 5.56 Å². The third-order valence-electron chi connectivity index (χ3n) is 4.31. The highest BCUT2D eigenvalue weighted by molar-refractivity contribution is 7.16. The van der Waals surface area contributed by atoms with E-state index in [0.717, 1.165) is 32.9 Å². The number of rotatable bonds is 5. The molecule has 0 saturated carbocycles. The van der Waals surface area contributed by atoms with Gasteiger partial charge in [-0.3, -0.25) is 15.1 Å². The summed E-state index contributed by atoms with van der Waals surface area (Å²) in [5, 5.41) is 15.2. The number of aliphatic hydroxyl groups is 1. The predicted molar refractivity (Wildman–Crippen MR) is 103 cm³/mol. The Morgan fingerprint density at radius 1 is 1.19 bits per heavy atom. The number of fused-ring (bicyclic) bond motifs is 2. The Hall–Kier alpha value is -3.08. The first kappa shape index (κ1) is 16.1. The molecule has 9 nitrogen and oxygen atoms in total. The Balaban J connectivity index is 1.42. The molecular weight excluding hydrogens is 364 g/mol. The lowest BCUT2D eigenvalue weighted by Crippen LogP contribution is -2.35. The monoisotopic (exact) mass is 380 g/mol. The number of hydrogen-bond acceptors (Lipinski definition) is 9. The third kappa shape index (κ3) is 2.99. The van der Waals surface area contributed by atoms with E-state index in [2.05, 4.69) is 38.2 Å². The summed E-state index contributed by atoms with van der Waals surface area (Å²) in [6.07, 6.45) is 5.29. The zero-order valence-corrected chi connectivity index (χ0v) is 15.0. The molecule has 1 aromatic carbocycles. The Bertz CT molecular complexity index is 1110. The molecule has 1 aliphatic rings. The topological polar surface area (TPSA) is 104 Å². The molecule has 0 unspecified atom stereocenters. The zero-order chi connectivity index (χ0) is 18.2. The number of anilines is 2. The molecule has 5 rings (SSSR count). The molecule has 10 heteroatoms. The summed E-state index contributed by atoms with van der Waals surface area (Å²) < 4.78 is 2.85. The average molecular weight is 380 g/mol. The summed E-state index contributed by atoms with van der Waals surface area (Å²) >= 11 is 1.63. The minimum absolute atomic E-state index is 0.0444. The highest BCUT2D eigenvalue weighted by Crippen LogP contribution is 2.29. The first-order chi connectivity index (χ1) is 13.3. The minimum atomic E-state index is 0.0444. The van der Waals surface area contributed by atoms with Gasteiger partial charge in [0.25, 0.3) is 0 Å². The van der Waals surface area contributed by atoms with Crippen LogP contribution in [0.15, 0.2) is 42.3 Å². The Kier molecular flexibility index (Phi) is 3.93. The zero-order valence-electron chi connectivity index (χ0n) is 14.2. The highest BCUT2D eigenvalue weighted by Gasteiger charge is 2.23. The van der Waals surface area contributed by atoms with Gasteiger partial charge in [-0.25, -0.2) is 15.0 Å². The van der Waals surface area contributed by atoms with Gasteiger partial charge in [0.2, 0.25) is 0 Å². The van der Waals surface area contributed by atoms with E-state index >= 15 is 0 Å². The summed E-state index contributed by atoms with van der Waals surface area (Å²) in [5.41, 5.74) is 11.8. The Labute approximate surface area is 158 Å². The van der Waals surface area contributed by atoms with Crippen molar-refractivity contribution in [3.05, 3.63) is 47.9 Å². The van der Waals surface area contributed by atoms with Gasteiger partial charge in [-0.05, 0) is 17.7 Å². The van der Waals surface area contributed by atoms with E-state index in [1.807, 2.05) is 22.8 Å². The van der Waals surface area contributed by atoms with Crippen molar-refractivity contribution in [1.82, 2.24) is 30.3 Å². The van der Waals surface area contributed by atoms with E-state index in [1.165, 1.54) is 0 Å². The molecule has 4 aromatic rings. The van der Waals surface area contributed by atoms with E-state index in [0.29, 0.717) is 18.9 Å². The second-order valence-corrected chi connectivity index (χ2v) is 7.01. The van der Waals surface area contributed by atoms with Crippen molar-refractivity contribution in [3.63, 3.8) is 0 Å². The van der Waals surface area contributed by atoms with Crippen LogP contribution >= 0.6 is 11.3 Å². The fourth-order valence-electron chi connectivity index (χ4n) is 2.98. The molecule has 0 bridgehead atoms. The lowest BCUT2D eigenvalue weighted by molar-refractivity contribution is 0.269. The molecule has 0 fully saturated rings. The van der Waals surface area contributed by atoms with Gasteiger partial charge < -0.3 is 5.11 Å². The molecule has 0 atom stereocenters. The Morgan fingerprint density at radius 2 is 2.15 bits per heavy atom. The second kappa shape index (κ2) is 6.58. The number of nitrogens with one attached hydrogen (secondary N) is 2. The van der Waals surface area contributed by atoms with Crippen molar-refractivity contribution in [2.75, 3.05) is 17.0 Å². The first-order valence-electron chi connectivity index (χ1n) is 8.42. The van der Waals surface area contributed by atoms with Gasteiger partial charge in [0.1, 0.15) is 0 Å². The van der Waals surface area contributed by atoms with Gasteiger partial charge >= 0.3 is 0 Å². The van der Waals surface area contributed by atoms with Crippen molar-refractivity contribution in [2.24, 2.45) is 0 Å². The molecular formula is C17H16N8OS. The van der Waals surface area contributed by atoms with Gasteiger partial charge in [0.05, 0.1) is 53.5 Å². The summed E-state index contributed by atoms with van der Waals surface area (Å²) in [6, 6.07) is 6.24. The number of hydrogen-bond donors (Lipinski definition) is 3. The number of aromatic nitrogens is 5. The number of nitrogens with zero attached hydrogens (tertiary/aromatic N) is 6. The third-order valence-corrected chi connectivity index (χ3v) is 5.11. The van der Waals surface area contributed by atoms with Crippen LogP contribution in [0.5, 0.6) is 0 Å². The van der Waals surface area contributed by atoms with Crippen molar-refractivity contribution >= 4 is 33.2 Å². The van der Waals surface area contributed by atoms with Gasteiger partial charge in [-0.15, -0.1) is 16.9 Å². The first-order valence-corrected chi connectivity index (χ1v) is 9.30. The SMILES string of the molecule is OCCn1cc(-c2cnc3c(n2)N(Cc2ccc4ncsc4c2)NN3)cn1. The molecule has 0 aliphatic carbocycles. The Morgan fingerprint density at radius 3 is 3.07 bits per heavy atom. The summed E-state index contributed by atoms with van der Waals surface area (Å²) in [7, 11) is 0. The molecule has 0 spiro atoms. The van der Waals surface area contributed by atoms with Crippen molar-refractivity contribution in [3.8, 4) is 11.3 Å². The van der Waals surface area contributed by atoms with Crippen molar-refractivity contribution in [2.45, 2.75) is 13.1 Å². The molecule has 0 radical (unpaired) electrons. The van der Waals surface area contributed by atoms with E-state index in [9.17, 15) is 0 Å². The van der Waals surface area contributed by atoms with Crippen LogP contribution in [-0.4, -0.2) is 36.4 Å². The van der Waals surface area contributed by atoms with E-state index in [-0.39, 0.29) is 6.61 Å². The maximum absolute atomic E-state index is 9.04. The highest BCUT2D eigenvalue weighted by atomic mass is 32.1. The largest absolute Gasteiger partial charge is 0.394 e. The quantitative estimate of drug-likeness (QED) is 0.481. The molecule has 3 N–H and O–H groups in total. The lowest BCUT2D eigenvalue weighted by atomic mass is 10.2. The number of thiazole rings is 1. The lowest BCUT2D eigenvalue weighted by Gasteiger charge is -2.16. The van der Waals surface area contributed by atoms with E-state index < -0.39 is 0 Å². The predicted octanol–water partition coefficient (Wildman–Crippen LogP) is 1.79. The van der Waals surface area contributed by atoms with Crippen LogP contribution < -0.4 is 16.0 Å². The normalized spacial score (nSPS) is 13.1. The van der Waals surface area contributed by atoms with Crippen LogP contribution in [0.4, 0.5) is 11.6 Å². The summed E-state index contributed by atoms with van der Waals surface area (Å²) in [5.74, 6) is 1.41. The van der Waals surface area contributed by atoms with Gasteiger partial charge in [-0.1, -0.05) is 6.07 Å². The number of hydrazine groups is 2. The molecule has 136 valence electrons. The smallest absolute Gasteiger partial charge is 0.190 e. The maximum Gasteiger partial charge on any atom is 0.190 e.